The predicted octanol–water partition coefficient (Wildman–Crippen LogP) is 4.84. The molecule has 7 nitrogen and oxygen atoms in total. The number of pyridine rings is 2. The van der Waals surface area contributed by atoms with Crippen molar-refractivity contribution in [3.05, 3.63) is 104 Å². The van der Waals surface area contributed by atoms with Gasteiger partial charge >= 0.3 is 0 Å². The van der Waals surface area contributed by atoms with E-state index in [2.05, 4.69) is 21.5 Å². The van der Waals surface area contributed by atoms with Crippen LogP contribution in [0.5, 0.6) is 0 Å². The molecular formula is C27H20Cl2N4O3. The van der Waals surface area contributed by atoms with Gasteiger partial charge in [0.2, 0.25) is 11.3 Å². The van der Waals surface area contributed by atoms with Gasteiger partial charge in [0.15, 0.2) is 0 Å². The predicted molar refractivity (Wildman–Crippen MR) is 141 cm³/mol. The Hall–Kier alpha value is -4.12. The van der Waals surface area contributed by atoms with Crippen LogP contribution >= 0.6 is 23.2 Å². The van der Waals surface area contributed by atoms with Crippen LogP contribution in [0.1, 0.15) is 28.4 Å². The summed E-state index contributed by atoms with van der Waals surface area (Å²) >= 11 is 12.1. The topological polar surface area (TPSA) is 93.1 Å². The van der Waals surface area contributed by atoms with Crippen molar-refractivity contribution in [1.82, 2.24) is 14.9 Å². The van der Waals surface area contributed by atoms with Crippen LogP contribution in [0.15, 0.2) is 77.7 Å². The summed E-state index contributed by atoms with van der Waals surface area (Å²) in [6.45, 7) is 0.0453. The number of amides is 2. The number of hydrogen-bond acceptors (Lipinski definition) is 4. The molecule has 36 heavy (non-hydrogen) atoms. The first kappa shape index (κ1) is 25.0. The van der Waals surface area contributed by atoms with E-state index in [-0.39, 0.29) is 45.6 Å². The van der Waals surface area contributed by atoms with Gasteiger partial charge in [-0.05, 0) is 23.8 Å². The molecule has 0 saturated carbocycles. The molecule has 0 aliphatic heterocycles. The number of carbonyl (C=O) groups is 2. The van der Waals surface area contributed by atoms with Crippen molar-refractivity contribution in [3.63, 3.8) is 0 Å². The van der Waals surface area contributed by atoms with Gasteiger partial charge in [-0.15, -0.1) is 6.42 Å². The molecular weight excluding hydrogens is 499 g/mol. The summed E-state index contributed by atoms with van der Waals surface area (Å²) in [5, 5.41) is 5.83. The molecule has 0 spiro atoms. The Kier molecular flexibility index (Phi) is 7.69. The lowest BCUT2D eigenvalue weighted by atomic mass is 10.0. The summed E-state index contributed by atoms with van der Waals surface area (Å²) in [6.07, 6.45) is 6.76. The molecule has 0 fully saturated rings. The monoisotopic (exact) mass is 518 g/mol. The molecule has 0 bridgehead atoms. The highest BCUT2D eigenvalue weighted by molar-refractivity contribution is 6.41. The van der Waals surface area contributed by atoms with Gasteiger partial charge in [0.05, 0.1) is 29.4 Å². The number of nitrogens with one attached hydrogen (secondary N) is 2. The number of terminal acetylenes is 1. The minimum absolute atomic E-state index is 0.0140. The molecule has 2 aromatic carbocycles. The Morgan fingerprint density at radius 1 is 1.06 bits per heavy atom. The molecule has 0 aliphatic carbocycles. The maximum Gasteiger partial charge on any atom is 0.257 e. The first-order valence-electron chi connectivity index (χ1n) is 10.9. The quantitative estimate of drug-likeness (QED) is 0.270. The first-order valence-corrected chi connectivity index (χ1v) is 11.7. The van der Waals surface area contributed by atoms with Crippen LogP contribution < -0.4 is 16.1 Å². The smallest absolute Gasteiger partial charge is 0.257 e. The number of fused-ring (bicyclic) bond motifs is 1. The standard InChI is InChI=1S/C27H20Cl2N4O3/c1-2-13-33-16-20(24(35)19-14-21(28)25(29)32-26(19)33)27(36)31-22(17-9-5-3-6-10-17)15-23(34)30-18-11-7-4-8-12-18/h1,3-12,14,16,22H,13,15H2,(H,30,34)(H,31,36). The molecule has 2 N–H and O–H groups in total. The van der Waals surface area contributed by atoms with Gasteiger partial charge in [-0.2, -0.15) is 0 Å². The van der Waals surface area contributed by atoms with Crippen LogP contribution in [0, 0.1) is 12.3 Å². The molecule has 0 radical (unpaired) electrons. The Morgan fingerprint density at radius 3 is 2.39 bits per heavy atom. The highest BCUT2D eigenvalue weighted by Gasteiger charge is 2.23. The average molecular weight is 519 g/mol. The van der Waals surface area contributed by atoms with Gasteiger partial charge in [-0.1, -0.05) is 77.7 Å². The number of hydrogen-bond donors (Lipinski definition) is 2. The van der Waals surface area contributed by atoms with Crippen LogP contribution in [-0.2, 0) is 11.3 Å². The molecule has 0 aliphatic rings. The normalized spacial score (nSPS) is 11.5. The molecule has 4 aromatic rings. The number of nitrogens with zero attached hydrogens (tertiary/aromatic N) is 2. The van der Waals surface area contributed by atoms with Gasteiger partial charge < -0.3 is 15.2 Å². The molecule has 4 rings (SSSR count). The Balaban J connectivity index is 1.68. The second-order valence-electron chi connectivity index (χ2n) is 7.89. The average Bonchev–Trinajstić information content (AvgIpc) is 2.87. The zero-order valence-corrected chi connectivity index (χ0v) is 20.4. The minimum atomic E-state index is -0.703. The number of para-hydroxylation sites is 1. The fourth-order valence-corrected chi connectivity index (χ4v) is 4.02. The minimum Gasteiger partial charge on any atom is -0.345 e. The number of anilines is 1. The van der Waals surface area contributed by atoms with Gasteiger partial charge in [0.1, 0.15) is 16.4 Å². The van der Waals surface area contributed by atoms with Gasteiger partial charge in [0.25, 0.3) is 5.91 Å². The molecule has 2 amide bonds. The van der Waals surface area contributed by atoms with Crippen LogP contribution in [0.3, 0.4) is 0 Å². The van der Waals surface area contributed by atoms with Crippen molar-refractivity contribution in [1.29, 1.82) is 0 Å². The van der Waals surface area contributed by atoms with Crippen LogP contribution in [0.4, 0.5) is 5.69 Å². The van der Waals surface area contributed by atoms with Crippen LogP contribution in [0.2, 0.25) is 10.2 Å². The van der Waals surface area contributed by atoms with Crippen molar-refractivity contribution in [3.8, 4) is 12.3 Å². The molecule has 9 heteroatoms. The Labute approximate surface area is 217 Å². The summed E-state index contributed by atoms with van der Waals surface area (Å²) in [4.78, 5) is 43.5. The fraction of sp³-hybridized carbons (Fsp3) is 0.111. The summed E-state index contributed by atoms with van der Waals surface area (Å²) < 4.78 is 1.48. The number of aromatic nitrogens is 2. The largest absolute Gasteiger partial charge is 0.345 e. The second-order valence-corrected chi connectivity index (χ2v) is 8.66. The van der Waals surface area contributed by atoms with Crippen molar-refractivity contribution in [2.75, 3.05) is 5.32 Å². The van der Waals surface area contributed by atoms with Crippen molar-refractivity contribution in [2.45, 2.75) is 19.0 Å². The number of rotatable bonds is 7. The third-order valence-electron chi connectivity index (χ3n) is 5.42. The summed E-state index contributed by atoms with van der Waals surface area (Å²) in [7, 11) is 0. The van der Waals surface area contributed by atoms with E-state index < -0.39 is 17.4 Å². The highest BCUT2D eigenvalue weighted by atomic mass is 35.5. The van der Waals surface area contributed by atoms with Crippen molar-refractivity contribution < 1.29 is 9.59 Å². The molecule has 1 unspecified atom stereocenters. The van der Waals surface area contributed by atoms with Crippen LogP contribution in [0.25, 0.3) is 11.0 Å². The Morgan fingerprint density at radius 2 is 1.72 bits per heavy atom. The Bertz CT molecular complexity index is 1530. The van der Waals surface area contributed by atoms with E-state index >= 15 is 0 Å². The maximum absolute atomic E-state index is 13.4. The van der Waals surface area contributed by atoms with Crippen molar-refractivity contribution in [2.24, 2.45) is 0 Å². The number of carbonyl (C=O) groups excluding carboxylic acids is 2. The van der Waals surface area contributed by atoms with Gasteiger partial charge in [-0.3, -0.25) is 14.4 Å². The zero-order chi connectivity index (χ0) is 25.7. The molecule has 1 atom stereocenters. The van der Waals surface area contributed by atoms with E-state index in [0.29, 0.717) is 11.3 Å². The second kappa shape index (κ2) is 11.1. The first-order chi connectivity index (χ1) is 17.4. The lowest BCUT2D eigenvalue weighted by molar-refractivity contribution is -0.116. The third-order valence-corrected chi connectivity index (χ3v) is 6.09. The van der Waals surface area contributed by atoms with Gasteiger partial charge in [0, 0.05) is 11.9 Å². The van der Waals surface area contributed by atoms with E-state index in [1.54, 1.807) is 48.5 Å². The fourth-order valence-electron chi connectivity index (χ4n) is 3.74. The van der Waals surface area contributed by atoms with Gasteiger partial charge in [-0.25, -0.2) is 4.98 Å². The van der Waals surface area contributed by atoms with E-state index in [1.165, 1.54) is 16.8 Å². The zero-order valence-electron chi connectivity index (χ0n) is 18.9. The van der Waals surface area contributed by atoms with Crippen molar-refractivity contribution >= 4 is 51.7 Å². The molecule has 2 aromatic heterocycles. The molecule has 0 saturated heterocycles. The molecule has 180 valence electrons. The summed E-state index contributed by atoms with van der Waals surface area (Å²) in [5.74, 6) is 1.50. The highest BCUT2D eigenvalue weighted by Crippen LogP contribution is 2.24. The SMILES string of the molecule is C#CCn1cc(C(=O)NC(CC(=O)Nc2ccccc2)c2ccccc2)c(=O)c2cc(Cl)c(Cl)nc21. The lowest BCUT2D eigenvalue weighted by Crippen LogP contribution is -2.35. The van der Waals surface area contributed by atoms with E-state index in [1.807, 2.05) is 12.1 Å². The van der Waals surface area contributed by atoms with E-state index in [0.717, 1.165) is 0 Å². The van der Waals surface area contributed by atoms with E-state index in [9.17, 15) is 14.4 Å². The van der Waals surface area contributed by atoms with E-state index in [4.69, 9.17) is 29.6 Å². The van der Waals surface area contributed by atoms with Crippen LogP contribution in [-0.4, -0.2) is 21.4 Å². The summed E-state index contributed by atoms with van der Waals surface area (Å²) in [6, 6.07) is 18.7. The number of halogens is 2. The third kappa shape index (κ3) is 5.57. The lowest BCUT2D eigenvalue weighted by Gasteiger charge is -2.20. The molecule has 2 heterocycles. The summed E-state index contributed by atoms with van der Waals surface area (Å²) in [5.41, 5.74) is 0.807. The number of benzene rings is 2. The maximum atomic E-state index is 13.4.